The van der Waals surface area contributed by atoms with E-state index in [1.165, 1.54) is 0 Å². The van der Waals surface area contributed by atoms with Gasteiger partial charge in [0.25, 0.3) is 0 Å². The van der Waals surface area contributed by atoms with Gasteiger partial charge in [-0.15, -0.1) is 0 Å². The van der Waals surface area contributed by atoms with E-state index in [2.05, 4.69) is 4.98 Å². The van der Waals surface area contributed by atoms with Gasteiger partial charge in [-0.05, 0) is 18.6 Å². The summed E-state index contributed by atoms with van der Waals surface area (Å²) in [4.78, 5) is 14.5. The van der Waals surface area contributed by atoms with Crippen LogP contribution in [0, 0.1) is 6.92 Å². The Morgan fingerprint density at radius 3 is 3.08 bits per heavy atom. The maximum Gasteiger partial charge on any atom is 0.185 e. The van der Waals surface area contributed by atoms with Crippen LogP contribution in [0.1, 0.15) is 16.2 Å². The molecule has 0 spiro atoms. The number of hydrogen-bond acceptors (Lipinski definition) is 2. The third kappa shape index (κ3) is 0.906. The number of rotatable bonds is 1. The van der Waals surface area contributed by atoms with Crippen LogP contribution in [0.2, 0.25) is 0 Å². The molecule has 2 aromatic rings. The maximum absolute atomic E-state index is 10.5. The number of aromatic nitrogens is 2. The number of aryl methyl sites for hydroxylation is 1. The molecule has 0 radical (unpaired) electrons. The van der Waals surface area contributed by atoms with E-state index in [4.69, 9.17) is 0 Å². The molecule has 0 N–H and O–H groups in total. The van der Waals surface area contributed by atoms with E-state index in [0.717, 1.165) is 17.4 Å². The van der Waals surface area contributed by atoms with Crippen LogP contribution >= 0.6 is 0 Å². The Balaban J connectivity index is 2.83. The number of aldehydes is 1. The van der Waals surface area contributed by atoms with Crippen molar-refractivity contribution in [2.24, 2.45) is 0 Å². The van der Waals surface area contributed by atoms with Crippen LogP contribution < -0.4 is 0 Å². The Morgan fingerprint density at radius 2 is 2.33 bits per heavy atom. The second-order valence-corrected chi connectivity index (χ2v) is 2.74. The molecule has 0 fully saturated rings. The number of fused-ring (bicyclic) bond motifs is 1. The van der Waals surface area contributed by atoms with Crippen molar-refractivity contribution in [2.45, 2.75) is 6.92 Å². The number of hydrogen-bond donors (Lipinski definition) is 0. The summed E-state index contributed by atoms with van der Waals surface area (Å²) in [5, 5.41) is 0. The summed E-state index contributed by atoms with van der Waals surface area (Å²) < 4.78 is 1.78. The standard InChI is InChI=1S/C9H8N2O/c1-7-2-3-8-4-10-9(6-12)11(8)5-7/h2-6H,1H3. The fraction of sp³-hybridized carbons (Fsp3) is 0.111. The molecule has 0 bridgehead atoms. The van der Waals surface area contributed by atoms with E-state index in [0.29, 0.717) is 5.82 Å². The lowest BCUT2D eigenvalue weighted by molar-refractivity contribution is 0.111. The fourth-order valence-corrected chi connectivity index (χ4v) is 1.20. The van der Waals surface area contributed by atoms with Gasteiger partial charge in [-0.1, -0.05) is 6.07 Å². The van der Waals surface area contributed by atoms with E-state index in [-0.39, 0.29) is 0 Å². The van der Waals surface area contributed by atoms with Crippen molar-refractivity contribution in [1.82, 2.24) is 9.38 Å². The zero-order valence-electron chi connectivity index (χ0n) is 6.69. The van der Waals surface area contributed by atoms with Crippen molar-refractivity contribution in [3.8, 4) is 0 Å². The van der Waals surface area contributed by atoms with Crippen molar-refractivity contribution in [1.29, 1.82) is 0 Å². The van der Waals surface area contributed by atoms with Crippen LogP contribution in [0.5, 0.6) is 0 Å². The normalized spacial score (nSPS) is 10.4. The van der Waals surface area contributed by atoms with Gasteiger partial charge in [-0.2, -0.15) is 0 Å². The first-order chi connectivity index (χ1) is 5.81. The molecular formula is C9H8N2O. The monoisotopic (exact) mass is 160 g/mol. The minimum atomic E-state index is 0.453. The van der Waals surface area contributed by atoms with Crippen molar-refractivity contribution in [3.63, 3.8) is 0 Å². The first kappa shape index (κ1) is 7.03. The van der Waals surface area contributed by atoms with Gasteiger partial charge in [0.2, 0.25) is 0 Å². The highest BCUT2D eigenvalue weighted by atomic mass is 16.1. The highest BCUT2D eigenvalue weighted by molar-refractivity contribution is 5.72. The lowest BCUT2D eigenvalue weighted by atomic mass is 10.3. The van der Waals surface area contributed by atoms with Crippen LogP contribution in [0.4, 0.5) is 0 Å². The first-order valence-electron chi connectivity index (χ1n) is 3.70. The lowest BCUT2D eigenvalue weighted by Gasteiger charge is -1.96. The van der Waals surface area contributed by atoms with Gasteiger partial charge >= 0.3 is 0 Å². The van der Waals surface area contributed by atoms with Crippen LogP contribution in [-0.4, -0.2) is 15.7 Å². The fourth-order valence-electron chi connectivity index (χ4n) is 1.20. The highest BCUT2D eigenvalue weighted by Gasteiger charge is 2.00. The van der Waals surface area contributed by atoms with Gasteiger partial charge < -0.3 is 0 Å². The van der Waals surface area contributed by atoms with Gasteiger partial charge in [0.15, 0.2) is 12.1 Å². The predicted octanol–water partition coefficient (Wildman–Crippen LogP) is 1.46. The number of pyridine rings is 1. The summed E-state index contributed by atoms with van der Waals surface area (Å²) in [6.45, 7) is 1.98. The molecule has 0 aliphatic carbocycles. The first-order valence-corrected chi connectivity index (χ1v) is 3.70. The Hall–Kier alpha value is -1.64. The molecule has 0 saturated heterocycles. The third-order valence-electron chi connectivity index (χ3n) is 1.81. The van der Waals surface area contributed by atoms with Crippen molar-refractivity contribution < 1.29 is 4.79 Å². The summed E-state index contributed by atoms with van der Waals surface area (Å²) in [5.41, 5.74) is 2.06. The van der Waals surface area contributed by atoms with E-state index >= 15 is 0 Å². The minimum absolute atomic E-state index is 0.453. The Morgan fingerprint density at radius 1 is 1.50 bits per heavy atom. The van der Waals surface area contributed by atoms with Gasteiger partial charge in [-0.3, -0.25) is 9.20 Å². The second kappa shape index (κ2) is 2.44. The molecule has 12 heavy (non-hydrogen) atoms. The molecule has 0 aliphatic heterocycles. The topological polar surface area (TPSA) is 34.4 Å². The molecule has 3 heteroatoms. The van der Waals surface area contributed by atoms with Crippen molar-refractivity contribution in [3.05, 3.63) is 35.9 Å². The minimum Gasteiger partial charge on any atom is -0.297 e. The van der Waals surface area contributed by atoms with Crippen LogP contribution in [0.3, 0.4) is 0 Å². The summed E-state index contributed by atoms with van der Waals surface area (Å²) >= 11 is 0. The molecule has 2 heterocycles. The van der Waals surface area contributed by atoms with Crippen molar-refractivity contribution >= 4 is 11.8 Å². The largest absolute Gasteiger partial charge is 0.297 e. The predicted molar refractivity (Wildman–Crippen MR) is 45.3 cm³/mol. The van der Waals surface area contributed by atoms with E-state index in [9.17, 15) is 4.79 Å². The Bertz CT molecular complexity index is 431. The van der Waals surface area contributed by atoms with Crippen LogP contribution in [0.25, 0.3) is 5.52 Å². The molecule has 0 amide bonds. The maximum atomic E-state index is 10.5. The number of nitrogens with zero attached hydrogens (tertiary/aromatic N) is 2. The molecule has 60 valence electrons. The van der Waals surface area contributed by atoms with Crippen molar-refractivity contribution in [2.75, 3.05) is 0 Å². The molecule has 0 saturated carbocycles. The van der Waals surface area contributed by atoms with E-state index < -0.39 is 0 Å². The molecule has 0 aromatic carbocycles. The Kier molecular flexibility index (Phi) is 1.43. The van der Waals surface area contributed by atoms with Crippen LogP contribution in [0.15, 0.2) is 24.5 Å². The number of carbonyl (C=O) groups excluding carboxylic acids is 1. The second-order valence-electron chi connectivity index (χ2n) is 2.74. The van der Waals surface area contributed by atoms with Gasteiger partial charge in [-0.25, -0.2) is 4.98 Å². The molecule has 2 aromatic heterocycles. The SMILES string of the molecule is Cc1ccc2cnc(C=O)n2c1. The average Bonchev–Trinajstić information content (AvgIpc) is 2.46. The molecule has 0 atom stereocenters. The van der Waals surface area contributed by atoms with Gasteiger partial charge in [0, 0.05) is 6.20 Å². The van der Waals surface area contributed by atoms with E-state index in [1.54, 1.807) is 10.6 Å². The molecule has 0 unspecified atom stereocenters. The van der Waals surface area contributed by atoms with Gasteiger partial charge in [0.1, 0.15) is 0 Å². The summed E-state index contributed by atoms with van der Waals surface area (Å²) in [6.07, 6.45) is 4.34. The molecule has 2 rings (SSSR count). The van der Waals surface area contributed by atoms with E-state index in [1.807, 2.05) is 25.3 Å². The summed E-state index contributed by atoms with van der Waals surface area (Å²) in [6, 6.07) is 3.93. The number of imidazole rings is 1. The smallest absolute Gasteiger partial charge is 0.185 e. The summed E-state index contributed by atoms with van der Waals surface area (Å²) in [5.74, 6) is 0.453. The summed E-state index contributed by atoms with van der Waals surface area (Å²) in [7, 11) is 0. The Labute approximate surface area is 69.7 Å². The van der Waals surface area contributed by atoms with Gasteiger partial charge in [0.05, 0.1) is 11.7 Å². The highest BCUT2D eigenvalue weighted by Crippen LogP contribution is 2.06. The number of carbonyl (C=O) groups is 1. The lowest BCUT2D eigenvalue weighted by Crippen LogP contribution is -1.92. The third-order valence-corrected chi connectivity index (χ3v) is 1.81. The zero-order valence-corrected chi connectivity index (χ0v) is 6.69. The molecule has 0 aliphatic rings. The van der Waals surface area contributed by atoms with Crippen LogP contribution in [-0.2, 0) is 0 Å². The zero-order chi connectivity index (χ0) is 8.55. The quantitative estimate of drug-likeness (QED) is 0.592. The molecular weight excluding hydrogens is 152 g/mol. The molecule has 3 nitrogen and oxygen atoms in total. The average molecular weight is 160 g/mol.